The van der Waals surface area contributed by atoms with Gasteiger partial charge >= 0.3 is 0 Å². The number of fused-ring (bicyclic) bond motifs is 1. The van der Waals surface area contributed by atoms with E-state index in [2.05, 4.69) is 5.32 Å². The molecule has 8 nitrogen and oxygen atoms in total. The largest absolute Gasteiger partial charge is 0.486 e. The number of carbonyl (C=O) groups excluding carboxylic acids is 2. The highest BCUT2D eigenvalue weighted by Gasteiger charge is 2.53. The number of methoxy groups -OCH3 is 1. The number of carbonyl (C=O) groups is 2. The molecule has 3 unspecified atom stereocenters. The normalized spacial score (nSPS) is 26.9. The third-order valence-corrected chi connectivity index (χ3v) is 8.34. The lowest BCUT2D eigenvalue weighted by Crippen LogP contribution is -2.56. The van der Waals surface area contributed by atoms with E-state index < -0.39 is 11.1 Å². The lowest BCUT2D eigenvalue weighted by atomic mass is 9.87. The van der Waals surface area contributed by atoms with Gasteiger partial charge in [-0.1, -0.05) is 37.6 Å². The predicted molar refractivity (Wildman–Crippen MR) is 140 cm³/mol. The van der Waals surface area contributed by atoms with Crippen molar-refractivity contribution in [1.29, 1.82) is 0 Å². The number of hydrogen-bond acceptors (Lipinski definition) is 6. The van der Waals surface area contributed by atoms with Gasteiger partial charge in [0.25, 0.3) is 0 Å². The van der Waals surface area contributed by atoms with Gasteiger partial charge in [-0.2, -0.15) is 0 Å². The van der Waals surface area contributed by atoms with E-state index in [9.17, 15) is 9.59 Å². The predicted octanol–water partition coefficient (Wildman–Crippen LogP) is 4.21. The maximum absolute atomic E-state index is 13.4. The summed E-state index contributed by atoms with van der Waals surface area (Å²) in [7, 11) is 1.64. The Balaban J connectivity index is 1.52. The Hall–Kier alpha value is -2.32. The van der Waals surface area contributed by atoms with Crippen LogP contribution in [0.5, 0.6) is 5.75 Å². The van der Waals surface area contributed by atoms with Crippen LogP contribution in [0.4, 0.5) is 0 Å². The van der Waals surface area contributed by atoms with Gasteiger partial charge in [-0.25, -0.2) is 4.99 Å². The summed E-state index contributed by atoms with van der Waals surface area (Å²) in [6, 6.07) is 5.19. The second kappa shape index (κ2) is 10.2. The minimum Gasteiger partial charge on any atom is -0.486 e. The summed E-state index contributed by atoms with van der Waals surface area (Å²) >= 11 is 6.40. The molecular weight excluding hydrogens is 480 g/mol. The summed E-state index contributed by atoms with van der Waals surface area (Å²) in [5.74, 6) is 0.645. The third kappa shape index (κ3) is 5.21. The van der Waals surface area contributed by atoms with Crippen molar-refractivity contribution < 1.29 is 19.1 Å². The van der Waals surface area contributed by atoms with Crippen LogP contribution in [-0.2, 0) is 14.3 Å². The fourth-order valence-electron chi connectivity index (χ4n) is 5.79. The molecule has 0 saturated heterocycles. The molecule has 1 aromatic carbocycles. The Morgan fingerprint density at radius 1 is 1.36 bits per heavy atom. The zero-order valence-electron chi connectivity index (χ0n) is 22.0. The first kappa shape index (κ1) is 26.7. The number of rotatable bonds is 9. The third-order valence-electron chi connectivity index (χ3n) is 8.05. The van der Waals surface area contributed by atoms with E-state index in [0.29, 0.717) is 43.1 Å². The zero-order chi connectivity index (χ0) is 26.3. The van der Waals surface area contributed by atoms with Crippen LogP contribution in [0.2, 0.25) is 5.02 Å². The second-order valence-electron chi connectivity index (χ2n) is 11.0. The van der Waals surface area contributed by atoms with Crippen molar-refractivity contribution in [3.63, 3.8) is 0 Å². The van der Waals surface area contributed by atoms with Gasteiger partial charge in [-0.15, -0.1) is 0 Å². The van der Waals surface area contributed by atoms with Gasteiger partial charge in [-0.05, 0) is 51.5 Å². The number of nitrogens with zero attached hydrogens (tertiary/aromatic N) is 2. The summed E-state index contributed by atoms with van der Waals surface area (Å²) in [4.78, 5) is 33.1. The summed E-state index contributed by atoms with van der Waals surface area (Å²) in [5, 5.41) is 3.78. The van der Waals surface area contributed by atoms with Crippen molar-refractivity contribution in [2.75, 3.05) is 13.7 Å². The van der Waals surface area contributed by atoms with Crippen molar-refractivity contribution in [1.82, 2.24) is 10.2 Å². The Bertz CT molecular complexity index is 1040. The van der Waals surface area contributed by atoms with E-state index in [1.165, 1.54) is 0 Å². The maximum Gasteiger partial charge on any atom is 0.231 e. The first-order valence-electron chi connectivity index (χ1n) is 13.0. The van der Waals surface area contributed by atoms with Crippen LogP contribution >= 0.6 is 11.6 Å². The van der Waals surface area contributed by atoms with Gasteiger partial charge in [0, 0.05) is 37.7 Å². The number of benzene rings is 1. The molecule has 0 bridgehead atoms. The van der Waals surface area contributed by atoms with Crippen LogP contribution in [0.3, 0.4) is 0 Å². The molecule has 0 spiro atoms. The molecule has 1 aliphatic carbocycles. The fraction of sp³-hybridized carbons (Fsp3) is 0.667. The van der Waals surface area contributed by atoms with Gasteiger partial charge in [0.1, 0.15) is 11.4 Å². The Labute approximate surface area is 218 Å². The van der Waals surface area contributed by atoms with Crippen molar-refractivity contribution in [2.45, 2.75) is 89.4 Å². The molecule has 3 aliphatic rings. The van der Waals surface area contributed by atoms with E-state index in [-0.39, 0.29) is 41.7 Å². The summed E-state index contributed by atoms with van der Waals surface area (Å²) in [5.41, 5.74) is 6.38. The maximum atomic E-state index is 13.4. The number of para-hydroxylation sites is 1. The zero-order valence-corrected chi connectivity index (χ0v) is 22.7. The van der Waals surface area contributed by atoms with Crippen molar-refractivity contribution in [2.24, 2.45) is 22.6 Å². The number of nitrogens with one attached hydrogen (secondary N) is 1. The monoisotopic (exact) mass is 518 g/mol. The Morgan fingerprint density at radius 2 is 2.08 bits per heavy atom. The highest BCUT2D eigenvalue weighted by molar-refractivity contribution is 6.32. The smallest absolute Gasteiger partial charge is 0.231 e. The molecule has 4 atom stereocenters. The van der Waals surface area contributed by atoms with Gasteiger partial charge in [0.15, 0.2) is 5.96 Å². The average Bonchev–Trinajstić information content (AvgIpc) is 3.61. The van der Waals surface area contributed by atoms with E-state index in [1.807, 2.05) is 39.8 Å². The molecule has 198 valence electrons. The molecule has 2 heterocycles. The minimum absolute atomic E-state index is 0.000264. The molecule has 3 N–H and O–H groups in total. The van der Waals surface area contributed by atoms with E-state index in [4.69, 9.17) is 31.8 Å². The van der Waals surface area contributed by atoms with Gasteiger partial charge < -0.3 is 20.5 Å². The summed E-state index contributed by atoms with van der Waals surface area (Å²) < 4.78 is 11.5. The Morgan fingerprint density at radius 3 is 2.72 bits per heavy atom. The van der Waals surface area contributed by atoms with Crippen molar-refractivity contribution in [3.05, 3.63) is 28.8 Å². The number of guanidine groups is 1. The molecule has 1 aromatic rings. The highest BCUT2D eigenvalue weighted by Crippen LogP contribution is 2.48. The fourth-order valence-corrected chi connectivity index (χ4v) is 6.01. The van der Waals surface area contributed by atoms with Crippen molar-refractivity contribution in [3.8, 4) is 5.75 Å². The number of halogens is 1. The SMILES string of the molecule is CCC1(CC)CC(=O)N([C@H](CCOC)C2CC2C(=O)NC2CC(C)(C)Oc3c(Cl)cccc32)C(N)=N1. The van der Waals surface area contributed by atoms with Crippen LogP contribution in [-0.4, -0.2) is 53.6 Å². The molecule has 36 heavy (non-hydrogen) atoms. The van der Waals surface area contributed by atoms with E-state index in [0.717, 1.165) is 18.4 Å². The first-order chi connectivity index (χ1) is 17.0. The topological polar surface area (TPSA) is 106 Å². The molecule has 2 amide bonds. The van der Waals surface area contributed by atoms with Gasteiger partial charge in [-0.3, -0.25) is 14.5 Å². The quantitative estimate of drug-likeness (QED) is 0.509. The van der Waals surface area contributed by atoms with Crippen LogP contribution in [0.25, 0.3) is 0 Å². The molecule has 2 aliphatic heterocycles. The van der Waals surface area contributed by atoms with Crippen LogP contribution < -0.4 is 15.8 Å². The summed E-state index contributed by atoms with van der Waals surface area (Å²) in [6.07, 6.45) is 3.78. The van der Waals surface area contributed by atoms with Gasteiger partial charge in [0.2, 0.25) is 11.8 Å². The van der Waals surface area contributed by atoms with E-state index >= 15 is 0 Å². The van der Waals surface area contributed by atoms with Gasteiger partial charge in [0.05, 0.1) is 23.0 Å². The standard InChI is InChI=1S/C27H39ClN4O4/c1-6-27(7-2)15-22(33)32(25(29)31-27)21(11-12-35-5)17-13-18(17)24(34)30-20-14-26(3,4)36-23-16(20)9-8-10-19(23)28/h8-10,17-18,20-21H,6-7,11-15H2,1-5H3,(H2,29,31)(H,30,34)/t17?,18?,20?,21-/m1/s1. The average molecular weight is 519 g/mol. The molecule has 0 radical (unpaired) electrons. The molecule has 9 heteroatoms. The van der Waals surface area contributed by atoms with Crippen LogP contribution in [0.1, 0.15) is 77.8 Å². The molecule has 4 rings (SSSR count). The molecule has 1 fully saturated rings. The van der Waals surface area contributed by atoms with Crippen LogP contribution in [0, 0.1) is 11.8 Å². The minimum atomic E-state index is -0.462. The lowest BCUT2D eigenvalue weighted by molar-refractivity contribution is -0.133. The molecule has 0 aromatic heterocycles. The summed E-state index contributed by atoms with van der Waals surface area (Å²) in [6.45, 7) is 8.54. The number of nitrogens with two attached hydrogens (primary N) is 1. The molecular formula is C27H39ClN4O4. The second-order valence-corrected chi connectivity index (χ2v) is 11.4. The number of hydrogen-bond donors (Lipinski definition) is 2. The number of amides is 2. The highest BCUT2D eigenvalue weighted by atomic mass is 35.5. The number of aliphatic imine (C=N–C) groups is 1. The van der Waals surface area contributed by atoms with Crippen LogP contribution in [0.15, 0.2) is 23.2 Å². The lowest BCUT2D eigenvalue weighted by Gasteiger charge is -2.40. The Kier molecular flexibility index (Phi) is 7.58. The molecule has 1 saturated carbocycles. The number of ether oxygens (including phenoxy) is 2. The van der Waals surface area contributed by atoms with E-state index in [1.54, 1.807) is 18.1 Å². The van der Waals surface area contributed by atoms with Crippen molar-refractivity contribution >= 4 is 29.4 Å². The first-order valence-corrected chi connectivity index (χ1v) is 13.4.